The molecule has 2 aromatic heterocycles. The van der Waals surface area contributed by atoms with Gasteiger partial charge in [0.25, 0.3) is 0 Å². The van der Waals surface area contributed by atoms with Gasteiger partial charge in [-0.15, -0.1) is 11.3 Å². The number of carbonyl (C=O) groups is 1. The van der Waals surface area contributed by atoms with E-state index in [0.29, 0.717) is 12.2 Å². The molecule has 1 aliphatic carbocycles. The molecule has 0 aromatic carbocycles. The molecule has 2 heterocycles. The average Bonchev–Trinajstić information content (AvgIpc) is 2.91. The topological polar surface area (TPSA) is 34.9 Å². The molecule has 0 fully saturated rings. The second kappa shape index (κ2) is 4.11. The minimum absolute atomic E-state index is 0.303. The van der Waals surface area contributed by atoms with E-state index in [1.807, 2.05) is 17.8 Å². The molecule has 0 bridgehead atoms. The molecule has 1 aliphatic rings. The summed E-state index contributed by atoms with van der Waals surface area (Å²) in [6, 6.07) is 2.04. The molecule has 17 heavy (non-hydrogen) atoms. The molecule has 0 N–H and O–H groups in total. The average molecular weight is 246 g/mol. The lowest BCUT2D eigenvalue weighted by molar-refractivity contribution is 0.0972. The molecule has 3 nitrogen and oxygen atoms in total. The Kier molecular flexibility index (Phi) is 2.59. The quantitative estimate of drug-likeness (QED) is 0.816. The van der Waals surface area contributed by atoms with Crippen LogP contribution in [0.25, 0.3) is 0 Å². The summed E-state index contributed by atoms with van der Waals surface area (Å²) in [5, 5.41) is 0. The van der Waals surface area contributed by atoms with E-state index in [1.165, 1.54) is 16.3 Å². The van der Waals surface area contributed by atoms with E-state index < -0.39 is 0 Å². The number of ketones is 1. The number of hydrogen-bond acceptors (Lipinski definition) is 3. The van der Waals surface area contributed by atoms with Crippen LogP contribution in [0.1, 0.15) is 39.5 Å². The van der Waals surface area contributed by atoms with Crippen molar-refractivity contribution in [3.8, 4) is 0 Å². The fourth-order valence-corrected chi connectivity index (χ4v) is 3.07. The maximum atomic E-state index is 11.8. The van der Waals surface area contributed by atoms with Crippen LogP contribution in [0.5, 0.6) is 0 Å². The SMILES string of the molecule is Cc1cc2c(n1Cc1cncs1)CCCC2=O. The van der Waals surface area contributed by atoms with E-state index in [-0.39, 0.29) is 0 Å². The number of aryl methyl sites for hydroxylation is 1. The van der Waals surface area contributed by atoms with E-state index >= 15 is 0 Å². The normalized spacial score (nSPS) is 15.0. The molecule has 0 amide bonds. The highest BCUT2D eigenvalue weighted by molar-refractivity contribution is 7.09. The minimum Gasteiger partial charge on any atom is -0.343 e. The van der Waals surface area contributed by atoms with Crippen LogP contribution in [-0.2, 0) is 13.0 Å². The zero-order valence-electron chi connectivity index (χ0n) is 9.77. The van der Waals surface area contributed by atoms with Gasteiger partial charge in [-0.3, -0.25) is 9.78 Å². The van der Waals surface area contributed by atoms with E-state index in [4.69, 9.17) is 0 Å². The third-order valence-electron chi connectivity index (χ3n) is 3.33. The number of rotatable bonds is 2. The lowest BCUT2D eigenvalue weighted by Gasteiger charge is -2.15. The van der Waals surface area contributed by atoms with Gasteiger partial charge in [-0.05, 0) is 25.8 Å². The second-order valence-electron chi connectivity index (χ2n) is 4.48. The van der Waals surface area contributed by atoms with E-state index in [9.17, 15) is 4.79 Å². The van der Waals surface area contributed by atoms with Crippen LogP contribution >= 0.6 is 11.3 Å². The summed E-state index contributed by atoms with van der Waals surface area (Å²) in [7, 11) is 0. The molecule has 0 atom stereocenters. The smallest absolute Gasteiger partial charge is 0.164 e. The number of Topliss-reactive ketones (excluding diaryl/α,β-unsaturated/α-hetero) is 1. The molecule has 0 aliphatic heterocycles. The summed E-state index contributed by atoms with van der Waals surface area (Å²) in [4.78, 5) is 17.2. The predicted molar refractivity (Wildman–Crippen MR) is 67.7 cm³/mol. The summed E-state index contributed by atoms with van der Waals surface area (Å²) in [6.07, 6.45) is 4.61. The number of hydrogen-bond donors (Lipinski definition) is 0. The number of thiazole rings is 1. The van der Waals surface area contributed by atoms with E-state index in [0.717, 1.165) is 24.9 Å². The number of fused-ring (bicyclic) bond motifs is 1. The van der Waals surface area contributed by atoms with Gasteiger partial charge < -0.3 is 4.57 Å². The van der Waals surface area contributed by atoms with Crippen LogP contribution in [-0.4, -0.2) is 15.3 Å². The van der Waals surface area contributed by atoms with Gasteiger partial charge in [0.2, 0.25) is 0 Å². The maximum Gasteiger partial charge on any atom is 0.164 e. The summed E-state index contributed by atoms with van der Waals surface area (Å²) >= 11 is 1.66. The highest BCUT2D eigenvalue weighted by Crippen LogP contribution is 2.26. The van der Waals surface area contributed by atoms with Crippen molar-refractivity contribution in [1.82, 2.24) is 9.55 Å². The van der Waals surface area contributed by atoms with Gasteiger partial charge in [-0.2, -0.15) is 0 Å². The first kappa shape index (κ1) is 10.7. The van der Waals surface area contributed by atoms with Crippen molar-refractivity contribution in [2.45, 2.75) is 32.7 Å². The van der Waals surface area contributed by atoms with Crippen molar-refractivity contribution in [1.29, 1.82) is 0 Å². The van der Waals surface area contributed by atoms with Gasteiger partial charge in [-0.25, -0.2) is 0 Å². The molecule has 0 unspecified atom stereocenters. The standard InChI is InChI=1S/C13H14N2OS/c1-9-5-11-12(3-2-4-13(11)16)15(9)7-10-6-14-8-17-10/h5-6,8H,2-4,7H2,1H3. The van der Waals surface area contributed by atoms with Gasteiger partial charge in [0, 0.05) is 34.4 Å². The Balaban J connectivity index is 2.02. The third kappa shape index (κ3) is 1.82. The summed E-state index contributed by atoms with van der Waals surface area (Å²) in [5.74, 6) is 0.303. The van der Waals surface area contributed by atoms with Gasteiger partial charge in [-0.1, -0.05) is 0 Å². The molecule has 3 rings (SSSR count). The first-order valence-electron chi connectivity index (χ1n) is 5.85. The second-order valence-corrected chi connectivity index (χ2v) is 5.45. The summed E-state index contributed by atoms with van der Waals surface area (Å²) < 4.78 is 2.26. The van der Waals surface area contributed by atoms with Crippen molar-refractivity contribution in [3.63, 3.8) is 0 Å². The van der Waals surface area contributed by atoms with E-state index in [1.54, 1.807) is 11.3 Å². The number of aromatic nitrogens is 2. The van der Waals surface area contributed by atoms with Gasteiger partial charge in [0.05, 0.1) is 12.1 Å². The highest BCUT2D eigenvalue weighted by Gasteiger charge is 2.22. The molecule has 0 saturated heterocycles. The summed E-state index contributed by atoms with van der Waals surface area (Å²) in [6.45, 7) is 2.92. The Hall–Kier alpha value is -1.42. The minimum atomic E-state index is 0.303. The first-order chi connectivity index (χ1) is 8.25. The van der Waals surface area contributed by atoms with E-state index in [2.05, 4.69) is 16.5 Å². The predicted octanol–water partition coefficient (Wildman–Crippen LogP) is 2.82. The van der Waals surface area contributed by atoms with Crippen LogP contribution < -0.4 is 0 Å². The van der Waals surface area contributed by atoms with Gasteiger partial charge in [0.15, 0.2) is 5.78 Å². The maximum absolute atomic E-state index is 11.8. The number of carbonyl (C=O) groups excluding carboxylic acids is 1. The molecule has 0 radical (unpaired) electrons. The monoisotopic (exact) mass is 246 g/mol. The number of nitrogens with zero attached hydrogens (tertiary/aromatic N) is 2. The molecule has 0 spiro atoms. The Morgan fingerprint density at radius 3 is 3.12 bits per heavy atom. The summed E-state index contributed by atoms with van der Waals surface area (Å²) in [5.41, 5.74) is 5.19. The molecule has 2 aromatic rings. The highest BCUT2D eigenvalue weighted by atomic mass is 32.1. The lowest BCUT2D eigenvalue weighted by Crippen LogP contribution is -2.13. The van der Waals surface area contributed by atoms with Crippen molar-refractivity contribution < 1.29 is 4.79 Å². The lowest BCUT2D eigenvalue weighted by atomic mass is 9.97. The van der Waals surface area contributed by atoms with Gasteiger partial charge >= 0.3 is 0 Å². The fourth-order valence-electron chi connectivity index (χ4n) is 2.49. The van der Waals surface area contributed by atoms with Crippen molar-refractivity contribution >= 4 is 17.1 Å². The van der Waals surface area contributed by atoms with Crippen molar-refractivity contribution in [3.05, 3.63) is 39.6 Å². The van der Waals surface area contributed by atoms with Crippen LogP contribution in [0.15, 0.2) is 17.8 Å². The van der Waals surface area contributed by atoms with Crippen LogP contribution in [0.2, 0.25) is 0 Å². The van der Waals surface area contributed by atoms with Crippen LogP contribution in [0.3, 0.4) is 0 Å². The Morgan fingerprint density at radius 2 is 2.35 bits per heavy atom. The van der Waals surface area contributed by atoms with Crippen molar-refractivity contribution in [2.24, 2.45) is 0 Å². The molecular weight excluding hydrogens is 232 g/mol. The third-order valence-corrected chi connectivity index (χ3v) is 4.10. The molecule has 88 valence electrons. The Morgan fingerprint density at radius 1 is 1.47 bits per heavy atom. The van der Waals surface area contributed by atoms with Gasteiger partial charge in [0.1, 0.15) is 0 Å². The molecule has 4 heteroatoms. The molecule has 0 saturated carbocycles. The largest absolute Gasteiger partial charge is 0.343 e. The zero-order chi connectivity index (χ0) is 11.8. The van der Waals surface area contributed by atoms with Crippen LogP contribution in [0, 0.1) is 6.92 Å². The zero-order valence-corrected chi connectivity index (χ0v) is 10.6. The Bertz CT molecular complexity index is 554. The first-order valence-corrected chi connectivity index (χ1v) is 6.73. The van der Waals surface area contributed by atoms with Crippen molar-refractivity contribution in [2.75, 3.05) is 0 Å². The Labute approximate surface area is 104 Å². The fraction of sp³-hybridized carbons (Fsp3) is 0.385. The van der Waals surface area contributed by atoms with Crippen LogP contribution in [0.4, 0.5) is 0 Å². The molecular formula is C13H14N2OS.